The first-order chi connectivity index (χ1) is 7.42. The third-order valence-corrected chi connectivity index (χ3v) is 3.18. The maximum atomic E-state index is 4.06. The molecule has 1 aromatic heterocycles. The summed E-state index contributed by atoms with van der Waals surface area (Å²) in [5.41, 5.74) is 1.35. The molecule has 0 aliphatic carbocycles. The number of nitrogens with one attached hydrogen (secondary N) is 2. The molecule has 2 N–H and O–H groups in total. The van der Waals surface area contributed by atoms with Crippen LogP contribution in [0.3, 0.4) is 0 Å². The lowest BCUT2D eigenvalue weighted by molar-refractivity contribution is 0.298. The van der Waals surface area contributed by atoms with Crippen LogP contribution >= 0.6 is 0 Å². The van der Waals surface area contributed by atoms with Crippen molar-refractivity contribution in [3.8, 4) is 0 Å². The van der Waals surface area contributed by atoms with E-state index < -0.39 is 0 Å². The van der Waals surface area contributed by atoms with Gasteiger partial charge in [0, 0.05) is 18.4 Å². The third kappa shape index (κ3) is 2.55. The van der Waals surface area contributed by atoms with Gasteiger partial charge in [-0.05, 0) is 56.6 Å². The number of piperidine rings is 1. The summed E-state index contributed by atoms with van der Waals surface area (Å²) < 4.78 is 0. The zero-order valence-corrected chi connectivity index (χ0v) is 9.24. The van der Waals surface area contributed by atoms with E-state index in [1.165, 1.54) is 24.9 Å². The van der Waals surface area contributed by atoms with Crippen LogP contribution in [0, 0.1) is 5.92 Å². The van der Waals surface area contributed by atoms with Crippen LogP contribution in [0.2, 0.25) is 0 Å². The van der Waals surface area contributed by atoms with Gasteiger partial charge in [0.1, 0.15) is 0 Å². The Kier molecular flexibility index (Phi) is 3.69. The second-order valence-corrected chi connectivity index (χ2v) is 4.15. The number of aromatic nitrogens is 1. The van der Waals surface area contributed by atoms with Gasteiger partial charge >= 0.3 is 0 Å². The fourth-order valence-corrected chi connectivity index (χ4v) is 2.41. The molecule has 0 spiro atoms. The van der Waals surface area contributed by atoms with Crippen molar-refractivity contribution in [3.63, 3.8) is 0 Å². The van der Waals surface area contributed by atoms with Crippen LogP contribution < -0.4 is 10.6 Å². The zero-order chi connectivity index (χ0) is 10.5. The van der Waals surface area contributed by atoms with E-state index in [1.807, 2.05) is 19.4 Å². The van der Waals surface area contributed by atoms with E-state index >= 15 is 0 Å². The Morgan fingerprint density at radius 1 is 1.47 bits per heavy atom. The molecular formula is C12H19N3. The van der Waals surface area contributed by atoms with Gasteiger partial charge < -0.3 is 10.6 Å². The molecule has 0 amide bonds. The Morgan fingerprint density at radius 2 is 2.27 bits per heavy atom. The van der Waals surface area contributed by atoms with Gasteiger partial charge in [-0.1, -0.05) is 0 Å². The Bertz CT molecular complexity index is 280. The van der Waals surface area contributed by atoms with Gasteiger partial charge in [-0.3, -0.25) is 4.98 Å². The molecule has 2 unspecified atom stereocenters. The fraction of sp³-hybridized carbons (Fsp3) is 0.583. The minimum Gasteiger partial charge on any atom is -0.316 e. The summed E-state index contributed by atoms with van der Waals surface area (Å²) >= 11 is 0. The predicted molar refractivity (Wildman–Crippen MR) is 61.6 cm³/mol. The summed E-state index contributed by atoms with van der Waals surface area (Å²) in [6, 6.07) is 4.67. The maximum absolute atomic E-state index is 4.06. The van der Waals surface area contributed by atoms with Crippen LogP contribution in [0.15, 0.2) is 24.5 Å². The molecule has 2 heterocycles. The molecule has 1 aromatic rings. The first-order valence-electron chi connectivity index (χ1n) is 5.69. The Hall–Kier alpha value is -0.930. The number of pyridine rings is 1. The number of hydrogen-bond acceptors (Lipinski definition) is 3. The largest absolute Gasteiger partial charge is 0.316 e. The predicted octanol–water partition coefficient (Wildman–Crippen LogP) is 1.34. The third-order valence-electron chi connectivity index (χ3n) is 3.18. The number of rotatable bonds is 3. The van der Waals surface area contributed by atoms with Gasteiger partial charge in [0.25, 0.3) is 0 Å². The molecule has 1 fully saturated rings. The molecule has 0 radical (unpaired) electrons. The molecule has 1 aliphatic rings. The van der Waals surface area contributed by atoms with Crippen molar-refractivity contribution < 1.29 is 0 Å². The van der Waals surface area contributed by atoms with E-state index in [0.29, 0.717) is 12.0 Å². The topological polar surface area (TPSA) is 37.0 Å². The van der Waals surface area contributed by atoms with Crippen molar-refractivity contribution in [2.45, 2.75) is 18.9 Å². The lowest BCUT2D eigenvalue weighted by Crippen LogP contribution is -2.37. The van der Waals surface area contributed by atoms with E-state index in [-0.39, 0.29) is 0 Å². The van der Waals surface area contributed by atoms with E-state index in [4.69, 9.17) is 0 Å². The first kappa shape index (κ1) is 10.6. The van der Waals surface area contributed by atoms with Gasteiger partial charge in [0.2, 0.25) is 0 Å². The molecule has 1 saturated heterocycles. The van der Waals surface area contributed by atoms with Gasteiger partial charge in [-0.2, -0.15) is 0 Å². The zero-order valence-electron chi connectivity index (χ0n) is 9.24. The molecule has 0 aromatic carbocycles. The van der Waals surface area contributed by atoms with Crippen molar-refractivity contribution in [1.29, 1.82) is 0 Å². The minimum absolute atomic E-state index is 0.459. The van der Waals surface area contributed by atoms with Crippen LogP contribution in [0.25, 0.3) is 0 Å². The molecule has 1 aliphatic heterocycles. The molecule has 15 heavy (non-hydrogen) atoms. The number of nitrogens with zero attached hydrogens (tertiary/aromatic N) is 1. The summed E-state index contributed by atoms with van der Waals surface area (Å²) in [4.78, 5) is 4.06. The summed E-state index contributed by atoms with van der Waals surface area (Å²) in [6.45, 7) is 2.29. The average molecular weight is 205 g/mol. The Labute approximate surface area is 91.3 Å². The molecule has 0 saturated carbocycles. The Morgan fingerprint density at radius 3 is 2.87 bits per heavy atom. The van der Waals surface area contributed by atoms with Crippen LogP contribution in [0.1, 0.15) is 24.4 Å². The van der Waals surface area contributed by atoms with E-state index in [0.717, 1.165) is 6.54 Å². The van der Waals surface area contributed by atoms with Crippen LogP contribution in [-0.2, 0) is 0 Å². The normalized spacial score (nSPS) is 23.7. The molecular weight excluding hydrogens is 186 g/mol. The highest BCUT2D eigenvalue weighted by molar-refractivity contribution is 5.16. The minimum atomic E-state index is 0.459. The monoisotopic (exact) mass is 205 g/mol. The van der Waals surface area contributed by atoms with Gasteiger partial charge in [0.05, 0.1) is 0 Å². The van der Waals surface area contributed by atoms with E-state index in [9.17, 15) is 0 Å². The molecule has 3 nitrogen and oxygen atoms in total. The molecule has 3 heteroatoms. The SMILES string of the molecule is CNC(c1ccncc1)C1CCCNC1. The average Bonchev–Trinajstić information content (AvgIpc) is 2.33. The molecule has 2 atom stereocenters. The second-order valence-electron chi connectivity index (χ2n) is 4.15. The highest BCUT2D eigenvalue weighted by Gasteiger charge is 2.23. The van der Waals surface area contributed by atoms with Crippen molar-refractivity contribution in [1.82, 2.24) is 15.6 Å². The second kappa shape index (κ2) is 5.24. The van der Waals surface area contributed by atoms with Gasteiger partial charge in [0.15, 0.2) is 0 Å². The standard InChI is InChI=1S/C12H19N3/c1-13-12(10-4-7-14-8-5-10)11-3-2-6-15-9-11/h4-5,7-8,11-13,15H,2-3,6,9H2,1H3. The van der Waals surface area contributed by atoms with Gasteiger partial charge in [-0.25, -0.2) is 0 Å². The van der Waals surface area contributed by atoms with Crippen LogP contribution in [0.5, 0.6) is 0 Å². The van der Waals surface area contributed by atoms with Crippen molar-refractivity contribution in [3.05, 3.63) is 30.1 Å². The fourth-order valence-electron chi connectivity index (χ4n) is 2.41. The highest BCUT2D eigenvalue weighted by Crippen LogP contribution is 2.26. The van der Waals surface area contributed by atoms with E-state index in [2.05, 4.69) is 27.8 Å². The smallest absolute Gasteiger partial charge is 0.0359 e. The Balaban J connectivity index is 2.09. The lowest BCUT2D eigenvalue weighted by atomic mass is 9.88. The summed E-state index contributed by atoms with van der Waals surface area (Å²) in [5.74, 6) is 0.700. The van der Waals surface area contributed by atoms with Gasteiger partial charge in [-0.15, -0.1) is 0 Å². The maximum Gasteiger partial charge on any atom is 0.0359 e. The molecule has 82 valence electrons. The lowest BCUT2D eigenvalue weighted by Gasteiger charge is -2.30. The number of hydrogen-bond donors (Lipinski definition) is 2. The van der Waals surface area contributed by atoms with Crippen LogP contribution in [0.4, 0.5) is 0 Å². The highest BCUT2D eigenvalue weighted by atomic mass is 14.9. The summed E-state index contributed by atoms with van der Waals surface area (Å²) in [7, 11) is 2.04. The van der Waals surface area contributed by atoms with E-state index in [1.54, 1.807) is 0 Å². The molecule has 0 bridgehead atoms. The quantitative estimate of drug-likeness (QED) is 0.782. The van der Waals surface area contributed by atoms with Crippen molar-refractivity contribution in [2.75, 3.05) is 20.1 Å². The van der Waals surface area contributed by atoms with Crippen molar-refractivity contribution >= 4 is 0 Å². The summed E-state index contributed by atoms with van der Waals surface area (Å²) in [6.07, 6.45) is 6.33. The van der Waals surface area contributed by atoms with Crippen molar-refractivity contribution in [2.24, 2.45) is 5.92 Å². The first-order valence-corrected chi connectivity index (χ1v) is 5.69. The van der Waals surface area contributed by atoms with Crippen LogP contribution in [-0.4, -0.2) is 25.1 Å². The molecule has 2 rings (SSSR count). The summed E-state index contributed by atoms with van der Waals surface area (Å²) in [5, 5.41) is 6.88.